The molecular formula is C10H13N5O11P3S2-3. The second-order valence-electron chi connectivity index (χ2n) is 5.94. The van der Waals surface area contributed by atoms with Gasteiger partial charge in [-0.2, -0.15) is 0 Å². The van der Waals surface area contributed by atoms with Crippen molar-refractivity contribution in [3.05, 3.63) is 43.0 Å². The molecule has 16 nitrogen and oxygen atoms in total. The third-order valence-corrected chi connectivity index (χ3v) is 8.87. The Bertz CT molecular complexity index is 1140. The van der Waals surface area contributed by atoms with Gasteiger partial charge in [-0.05, 0) is 12.5 Å². The average molecular weight is 536 g/mol. The van der Waals surface area contributed by atoms with Gasteiger partial charge < -0.3 is 36.2 Å². The number of rotatable bonds is 9. The van der Waals surface area contributed by atoms with E-state index in [4.69, 9.17) is 19.7 Å². The Labute approximate surface area is 183 Å². The highest BCUT2D eigenvalue weighted by Gasteiger charge is 2.37. The van der Waals surface area contributed by atoms with Gasteiger partial charge in [0.1, 0.15) is 12.9 Å². The van der Waals surface area contributed by atoms with Crippen molar-refractivity contribution in [1.82, 2.24) is 9.55 Å². The normalized spacial score (nSPS) is 26.9. The highest BCUT2D eigenvalue weighted by atomic mass is 32.7. The maximum Gasteiger partial charge on any atom is 0.330 e. The molecule has 1 aliphatic heterocycles. The molecule has 0 spiro atoms. The molecule has 0 aromatic carbocycles. The van der Waals surface area contributed by atoms with Crippen molar-refractivity contribution in [3.8, 4) is 0 Å². The highest BCUT2D eigenvalue weighted by molar-refractivity contribution is 8.32. The lowest BCUT2D eigenvalue weighted by Gasteiger charge is -2.36. The van der Waals surface area contributed by atoms with Crippen LogP contribution in [-0.4, -0.2) is 33.2 Å². The first-order chi connectivity index (χ1) is 14.1. The van der Waals surface area contributed by atoms with Crippen molar-refractivity contribution in [2.24, 2.45) is 5.11 Å². The minimum absolute atomic E-state index is 0.0567. The zero-order valence-electron chi connectivity index (χ0n) is 15.2. The average Bonchev–Trinajstić information content (AvgIpc) is 2.96. The minimum atomic E-state index is -5.66. The van der Waals surface area contributed by atoms with Gasteiger partial charge in [-0.25, -0.2) is 4.79 Å². The smallest absolute Gasteiger partial charge is 0.330 e. The SMILES string of the molecule is Cc1cn([C@H]2C[C@H](N=[N+]=[N-])[C@@H](COP([O-])(=S)OP(=O)([O-])OP(=O)(O)[S-])O2)c(=O)[nH]c1=O. The molecule has 1 aromatic heterocycles. The van der Waals surface area contributed by atoms with Crippen molar-refractivity contribution in [1.29, 1.82) is 0 Å². The van der Waals surface area contributed by atoms with Gasteiger partial charge in [0.2, 0.25) is 6.80 Å². The number of hydrogen-bond donors (Lipinski definition) is 2. The molecule has 6 atom stereocenters. The quantitative estimate of drug-likeness (QED) is 0.134. The monoisotopic (exact) mass is 536 g/mol. The molecule has 0 saturated carbocycles. The van der Waals surface area contributed by atoms with Crippen molar-refractivity contribution in [2.45, 2.75) is 31.7 Å². The van der Waals surface area contributed by atoms with Crippen molar-refractivity contribution in [3.63, 3.8) is 0 Å². The molecule has 0 radical (unpaired) electrons. The Morgan fingerprint density at radius 3 is 2.71 bits per heavy atom. The van der Waals surface area contributed by atoms with Crippen molar-refractivity contribution >= 4 is 45.4 Å². The lowest BCUT2D eigenvalue weighted by Crippen LogP contribution is -2.33. The molecule has 2 rings (SSSR count). The molecule has 1 fully saturated rings. The molecule has 0 amide bonds. The third kappa shape index (κ3) is 7.91. The van der Waals surface area contributed by atoms with Gasteiger partial charge >= 0.3 is 5.69 Å². The Balaban J connectivity index is 2.14. The molecule has 0 bridgehead atoms. The number of nitrogens with one attached hydrogen (secondary N) is 1. The van der Waals surface area contributed by atoms with Gasteiger partial charge in [0.15, 0.2) is 0 Å². The fourth-order valence-electron chi connectivity index (χ4n) is 2.48. The van der Waals surface area contributed by atoms with Crippen LogP contribution in [0.2, 0.25) is 0 Å². The second kappa shape index (κ2) is 9.98. The van der Waals surface area contributed by atoms with E-state index in [1.807, 2.05) is 0 Å². The second-order valence-corrected chi connectivity index (χ2v) is 13.0. The fraction of sp³-hybridized carbons (Fsp3) is 0.600. The molecule has 3 unspecified atom stereocenters. The molecule has 174 valence electrons. The number of ether oxygens (including phenoxy) is 1. The van der Waals surface area contributed by atoms with E-state index in [9.17, 15) is 28.5 Å². The Kier molecular flexibility index (Phi) is 8.50. The number of nitrogens with zero attached hydrogens (tertiary/aromatic N) is 4. The number of H-pyrrole nitrogens is 1. The lowest BCUT2D eigenvalue weighted by atomic mass is 10.1. The molecule has 1 aliphatic rings. The van der Waals surface area contributed by atoms with Gasteiger partial charge in [-0.15, -0.1) is 0 Å². The predicted molar refractivity (Wildman–Crippen MR) is 105 cm³/mol. The van der Waals surface area contributed by atoms with Crippen molar-refractivity contribution in [2.75, 3.05) is 6.61 Å². The van der Waals surface area contributed by atoms with Crippen LogP contribution in [0.25, 0.3) is 10.4 Å². The molecule has 31 heavy (non-hydrogen) atoms. The van der Waals surface area contributed by atoms with Gasteiger partial charge in [-0.3, -0.25) is 32.1 Å². The van der Waals surface area contributed by atoms with Crippen LogP contribution >= 0.6 is 21.3 Å². The number of phosphoric acid groups is 1. The van der Waals surface area contributed by atoms with E-state index in [1.165, 1.54) is 13.1 Å². The van der Waals surface area contributed by atoms with Crippen LogP contribution in [0.1, 0.15) is 18.2 Å². The molecule has 2 N–H and O–H groups in total. The molecule has 1 aromatic rings. The zero-order chi connectivity index (χ0) is 23.6. The van der Waals surface area contributed by atoms with E-state index in [2.05, 4.69) is 47.7 Å². The summed E-state index contributed by atoms with van der Waals surface area (Å²) in [7, 11) is -5.66. The van der Waals surface area contributed by atoms with E-state index < -0.39 is 57.6 Å². The highest BCUT2D eigenvalue weighted by Crippen LogP contribution is 2.63. The predicted octanol–water partition coefficient (Wildman–Crippen LogP) is -0.438. The van der Waals surface area contributed by atoms with Crippen molar-refractivity contribution < 1.29 is 41.7 Å². The summed E-state index contributed by atoms with van der Waals surface area (Å²) in [5, 5.41) is 3.47. The van der Waals surface area contributed by atoms with Crippen LogP contribution in [0, 0.1) is 6.92 Å². The van der Waals surface area contributed by atoms with E-state index in [0.717, 1.165) is 4.57 Å². The van der Waals surface area contributed by atoms with Crippen LogP contribution in [0.15, 0.2) is 20.9 Å². The summed E-state index contributed by atoms with van der Waals surface area (Å²) in [6.07, 6.45) is -1.02. The zero-order valence-corrected chi connectivity index (χ0v) is 19.5. The van der Waals surface area contributed by atoms with Crippen LogP contribution in [-0.2, 0) is 51.1 Å². The summed E-state index contributed by atoms with van der Waals surface area (Å²) in [6, 6.07) is -0.968. The van der Waals surface area contributed by atoms with Crippen LogP contribution < -0.4 is 21.0 Å². The summed E-state index contributed by atoms with van der Waals surface area (Å²) in [5.74, 6) is 0. The third-order valence-electron chi connectivity index (χ3n) is 3.66. The topological polar surface area (TPSA) is 241 Å². The van der Waals surface area contributed by atoms with Crippen LogP contribution in [0.5, 0.6) is 0 Å². The molecule has 1 saturated heterocycles. The maximum atomic E-state index is 12.1. The van der Waals surface area contributed by atoms with Crippen LogP contribution in [0.4, 0.5) is 0 Å². The number of azide groups is 1. The number of aryl methyl sites for hydroxylation is 1. The minimum Gasteiger partial charge on any atom is -0.779 e. The standard InChI is InChI=1S/C10H16N5O11P3S2/c1-5-3-15(10(17)12-9(5)16)8-2-6(13-14-11)7(24-8)4-23-29(22,31)26-27(18,19)25-28(20,21)30/h3,6-8H,2,4H2,1H3,(H,18,19)(H,22,31)(H,12,16,17)(H2,20,21,30)/p-3/t6-,7+,8+,29?/m0/s1. The van der Waals surface area contributed by atoms with E-state index >= 15 is 0 Å². The number of hydrogen-bond acceptors (Lipinski definition) is 13. The number of aromatic nitrogens is 2. The van der Waals surface area contributed by atoms with E-state index in [0.29, 0.717) is 0 Å². The number of aromatic amines is 1. The van der Waals surface area contributed by atoms with E-state index in [1.54, 1.807) is 0 Å². The van der Waals surface area contributed by atoms with Gasteiger partial charge in [0.05, 0.1) is 18.8 Å². The first-order valence-electron chi connectivity index (χ1n) is 7.87. The Morgan fingerprint density at radius 1 is 1.48 bits per heavy atom. The largest absolute Gasteiger partial charge is 0.779 e. The molecule has 0 aliphatic carbocycles. The fourth-order valence-corrected chi connectivity index (χ4v) is 7.02. The van der Waals surface area contributed by atoms with Gasteiger partial charge in [0.25, 0.3) is 13.4 Å². The van der Waals surface area contributed by atoms with Gasteiger partial charge in [-0.1, -0.05) is 16.9 Å². The summed E-state index contributed by atoms with van der Waals surface area (Å²) < 4.78 is 41.2. The first-order valence-corrected chi connectivity index (χ1v) is 14.5. The van der Waals surface area contributed by atoms with Crippen LogP contribution in [0.3, 0.4) is 0 Å². The molecular weight excluding hydrogens is 523 g/mol. The molecule has 2 heterocycles. The molecule has 21 heteroatoms. The Morgan fingerprint density at radius 2 is 2.13 bits per heavy atom. The summed E-state index contributed by atoms with van der Waals surface area (Å²) in [6.45, 7) is -9.08. The van der Waals surface area contributed by atoms with E-state index in [-0.39, 0.29) is 12.0 Å². The lowest BCUT2D eigenvalue weighted by molar-refractivity contribution is -0.230. The summed E-state index contributed by atoms with van der Waals surface area (Å²) >= 11 is 8.25. The Hall–Kier alpha value is -0.830. The maximum absolute atomic E-state index is 12.1. The summed E-state index contributed by atoms with van der Waals surface area (Å²) in [5.41, 5.74) is 7.50. The first kappa shape index (κ1) is 26.4. The summed E-state index contributed by atoms with van der Waals surface area (Å²) in [4.78, 5) is 60.5. The van der Waals surface area contributed by atoms with Gasteiger partial charge in [0, 0.05) is 23.1 Å².